The number of hydrogen-bond donors (Lipinski definition) is 3. The fourth-order valence-corrected chi connectivity index (χ4v) is 1.75. The first-order chi connectivity index (χ1) is 8.65. The molecule has 0 aliphatic rings. The molecule has 0 aromatic carbocycles. The van der Waals surface area contributed by atoms with Gasteiger partial charge in [-0.25, -0.2) is 15.8 Å². The predicted molar refractivity (Wildman–Crippen MR) is 70.4 cm³/mol. The van der Waals surface area contributed by atoms with Gasteiger partial charge in [0, 0.05) is 18.8 Å². The molecule has 0 saturated heterocycles. The third-order valence-electron chi connectivity index (χ3n) is 2.71. The van der Waals surface area contributed by atoms with E-state index in [-0.39, 0.29) is 0 Å². The Labute approximate surface area is 105 Å². The van der Waals surface area contributed by atoms with Crippen molar-refractivity contribution in [1.29, 1.82) is 0 Å². The predicted octanol–water partition coefficient (Wildman–Crippen LogP) is 1.11. The summed E-state index contributed by atoms with van der Waals surface area (Å²) >= 11 is 0. The Balaban J connectivity index is 2.33. The molecule has 4 N–H and O–H groups in total. The van der Waals surface area contributed by atoms with E-state index in [1.165, 1.54) is 6.33 Å². The van der Waals surface area contributed by atoms with Gasteiger partial charge in [0.25, 0.3) is 0 Å². The molecule has 0 amide bonds. The molecule has 0 fully saturated rings. The van der Waals surface area contributed by atoms with Crippen molar-refractivity contribution in [1.82, 2.24) is 19.7 Å². The summed E-state index contributed by atoms with van der Waals surface area (Å²) in [5.41, 5.74) is 5.36. The molecule has 0 aliphatic carbocycles. The number of nitrogens with one attached hydrogen (secondary N) is 2. The smallest absolute Gasteiger partial charge is 0.148 e. The van der Waals surface area contributed by atoms with Crippen LogP contribution >= 0.6 is 0 Å². The molecule has 2 rings (SSSR count). The maximum absolute atomic E-state index is 5.39. The molecule has 96 valence electrons. The zero-order valence-corrected chi connectivity index (χ0v) is 10.7. The summed E-state index contributed by atoms with van der Waals surface area (Å²) < 4.78 is 1.78. The molecule has 2 aromatic heterocycles. The lowest BCUT2D eigenvalue weighted by atomic mass is 10.2. The van der Waals surface area contributed by atoms with Crippen LogP contribution in [-0.2, 0) is 13.5 Å². The lowest BCUT2D eigenvalue weighted by Crippen LogP contribution is -2.11. The minimum Gasteiger partial charge on any atom is -0.337 e. The summed E-state index contributed by atoms with van der Waals surface area (Å²) in [6, 6.07) is 0. The fraction of sp³-hybridized carbons (Fsp3) is 0.364. The Morgan fingerprint density at radius 2 is 2.06 bits per heavy atom. The Morgan fingerprint density at radius 3 is 2.72 bits per heavy atom. The van der Waals surface area contributed by atoms with Crippen LogP contribution in [-0.4, -0.2) is 19.7 Å². The molecule has 0 aliphatic heterocycles. The largest absolute Gasteiger partial charge is 0.337 e. The summed E-state index contributed by atoms with van der Waals surface area (Å²) in [5.74, 6) is 6.72. The highest BCUT2D eigenvalue weighted by atomic mass is 15.3. The topological polar surface area (TPSA) is 93.7 Å². The van der Waals surface area contributed by atoms with Gasteiger partial charge in [-0.1, -0.05) is 6.92 Å². The van der Waals surface area contributed by atoms with E-state index in [0.717, 1.165) is 29.2 Å². The maximum Gasteiger partial charge on any atom is 0.148 e. The van der Waals surface area contributed by atoms with Gasteiger partial charge in [0.05, 0.1) is 11.4 Å². The molecule has 0 radical (unpaired) electrons. The van der Waals surface area contributed by atoms with Crippen molar-refractivity contribution in [2.75, 3.05) is 10.7 Å². The Kier molecular flexibility index (Phi) is 3.42. The third kappa shape index (κ3) is 2.25. The normalized spacial score (nSPS) is 10.4. The second kappa shape index (κ2) is 5.01. The molecule has 0 unspecified atom stereocenters. The van der Waals surface area contributed by atoms with Crippen molar-refractivity contribution in [2.45, 2.75) is 20.3 Å². The first kappa shape index (κ1) is 12.3. The van der Waals surface area contributed by atoms with Crippen LogP contribution in [0.15, 0.2) is 12.5 Å². The summed E-state index contributed by atoms with van der Waals surface area (Å²) in [6.07, 6.45) is 4.25. The highest BCUT2D eigenvalue weighted by molar-refractivity contribution is 5.65. The van der Waals surface area contributed by atoms with Crippen molar-refractivity contribution < 1.29 is 0 Å². The highest BCUT2D eigenvalue weighted by Crippen LogP contribution is 2.23. The molecular weight excluding hydrogens is 230 g/mol. The first-order valence-electron chi connectivity index (χ1n) is 5.73. The van der Waals surface area contributed by atoms with Gasteiger partial charge >= 0.3 is 0 Å². The van der Waals surface area contributed by atoms with Crippen LogP contribution < -0.4 is 16.6 Å². The highest BCUT2D eigenvalue weighted by Gasteiger charge is 2.10. The van der Waals surface area contributed by atoms with Crippen molar-refractivity contribution in [3.8, 4) is 0 Å². The second-order valence-corrected chi connectivity index (χ2v) is 3.98. The van der Waals surface area contributed by atoms with Crippen LogP contribution in [0, 0.1) is 6.92 Å². The number of hydrazine groups is 1. The average molecular weight is 247 g/mol. The fourth-order valence-electron chi connectivity index (χ4n) is 1.75. The van der Waals surface area contributed by atoms with Crippen molar-refractivity contribution in [3.05, 3.63) is 23.8 Å². The number of hydrogen-bond acceptors (Lipinski definition) is 6. The van der Waals surface area contributed by atoms with Crippen LogP contribution in [0.5, 0.6) is 0 Å². The lowest BCUT2D eigenvalue weighted by Gasteiger charge is -2.10. The van der Waals surface area contributed by atoms with E-state index in [4.69, 9.17) is 5.84 Å². The van der Waals surface area contributed by atoms with Gasteiger partial charge in [-0.3, -0.25) is 4.68 Å². The van der Waals surface area contributed by atoms with Crippen molar-refractivity contribution >= 4 is 17.3 Å². The van der Waals surface area contributed by atoms with E-state index in [2.05, 4.69) is 32.7 Å². The minimum atomic E-state index is 0.606. The molecule has 0 saturated carbocycles. The Morgan fingerprint density at radius 1 is 1.33 bits per heavy atom. The molecule has 2 heterocycles. The summed E-state index contributed by atoms with van der Waals surface area (Å²) in [6.45, 7) is 3.97. The SMILES string of the molecule is CCc1nn(C)cc1Nc1ncnc(NN)c1C. The quantitative estimate of drug-likeness (QED) is 0.553. The van der Waals surface area contributed by atoms with Gasteiger partial charge in [-0.05, 0) is 13.3 Å². The van der Waals surface area contributed by atoms with Crippen LogP contribution in [0.25, 0.3) is 0 Å². The number of nitrogens with two attached hydrogens (primary N) is 1. The molecule has 0 atom stereocenters. The van der Waals surface area contributed by atoms with Crippen LogP contribution in [0.1, 0.15) is 18.2 Å². The van der Waals surface area contributed by atoms with Gasteiger partial charge in [0.1, 0.15) is 18.0 Å². The maximum atomic E-state index is 5.39. The molecule has 7 nitrogen and oxygen atoms in total. The first-order valence-corrected chi connectivity index (χ1v) is 5.73. The van der Waals surface area contributed by atoms with Gasteiger partial charge in [0.15, 0.2) is 0 Å². The van der Waals surface area contributed by atoms with Gasteiger partial charge in [0.2, 0.25) is 0 Å². The second-order valence-electron chi connectivity index (χ2n) is 3.98. The summed E-state index contributed by atoms with van der Waals surface area (Å²) in [5, 5.41) is 7.63. The monoisotopic (exact) mass is 247 g/mol. The third-order valence-corrected chi connectivity index (χ3v) is 2.71. The lowest BCUT2D eigenvalue weighted by molar-refractivity contribution is 0.746. The Hall–Kier alpha value is -2.15. The number of rotatable bonds is 4. The van der Waals surface area contributed by atoms with E-state index in [9.17, 15) is 0 Å². The molecule has 0 spiro atoms. The van der Waals surface area contributed by atoms with E-state index >= 15 is 0 Å². The van der Waals surface area contributed by atoms with E-state index in [0.29, 0.717) is 5.82 Å². The van der Waals surface area contributed by atoms with Crippen LogP contribution in [0.2, 0.25) is 0 Å². The number of anilines is 3. The minimum absolute atomic E-state index is 0.606. The average Bonchev–Trinajstić information content (AvgIpc) is 2.72. The Bertz CT molecular complexity index is 546. The van der Waals surface area contributed by atoms with Crippen LogP contribution in [0.3, 0.4) is 0 Å². The van der Waals surface area contributed by atoms with Gasteiger partial charge in [-0.2, -0.15) is 5.10 Å². The number of nitrogens with zero attached hydrogens (tertiary/aromatic N) is 4. The summed E-state index contributed by atoms with van der Waals surface area (Å²) in [4.78, 5) is 8.25. The van der Waals surface area contributed by atoms with Crippen molar-refractivity contribution in [2.24, 2.45) is 12.9 Å². The van der Waals surface area contributed by atoms with E-state index in [1.54, 1.807) is 4.68 Å². The zero-order chi connectivity index (χ0) is 13.1. The van der Waals surface area contributed by atoms with Crippen LogP contribution in [0.4, 0.5) is 17.3 Å². The molecule has 0 bridgehead atoms. The van der Waals surface area contributed by atoms with Crippen molar-refractivity contribution in [3.63, 3.8) is 0 Å². The van der Waals surface area contributed by atoms with E-state index < -0.39 is 0 Å². The summed E-state index contributed by atoms with van der Waals surface area (Å²) in [7, 11) is 1.89. The zero-order valence-electron chi connectivity index (χ0n) is 10.7. The molecular formula is C11H17N7. The van der Waals surface area contributed by atoms with E-state index in [1.807, 2.05) is 20.2 Å². The molecule has 2 aromatic rings. The number of aryl methyl sites for hydroxylation is 2. The molecule has 7 heteroatoms. The van der Waals surface area contributed by atoms with Gasteiger partial charge < -0.3 is 10.7 Å². The van der Waals surface area contributed by atoms with Gasteiger partial charge in [-0.15, -0.1) is 0 Å². The standard InChI is InChI=1S/C11H17N7/c1-4-8-9(5-18(3)17-8)15-10-7(2)11(16-12)14-6-13-10/h5-6H,4,12H2,1-3H3,(H2,13,14,15,16). The number of nitrogen functional groups attached to an aromatic ring is 1. The number of aromatic nitrogens is 4. The molecule has 18 heavy (non-hydrogen) atoms.